The van der Waals surface area contributed by atoms with Crippen LogP contribution in [0.5, 0.6) is 5.75 Å². The second-order valence-electron chi connectivity index (χ2n) is 6.71. The van der Waals surface area contributed by atoms with E-state index in [1.165, 1.54) is 0 Å². The minimum atomic E-state index is -0.838. The summed E-state index contributed by atoms with van der Waals surface area (Å²) in [7, 11) is 0. The number of benzene rings is 1. The van der Waals surface area contributed by atoms with Crippen molar-refractivity contribution >= 4 is 11.9 Å². The highest BCUT2D eigenvalue weighted by atomic mass is 16.5. The Bertz CT molecular complexity index is 597. The van der Waals surface area contributed by atoms with Gasteiger partial charge < -0.3 is 14.7 Å². The van der Waals surface area contributed by atoms with E-state index in [-0.39, 0.29) is 25.0 Å². The van der Waals surface area contributed by atoms with Gasteiger partial charge in [-0.1, -0.05) is 32.9 Å². The van der Waals surface area contributed by atoms with E-state index in [1.54, 1.807) is 4.90 Å². The van der Waals surface area contributed by atoms with Crippen LogP contribution in [-0.4, -0.2) is 41.6 Å². The first-order chi connectivity index (χ1) is 10.8. The van der Waals surface area contributed by atoms with E-state index >= 15 is 0 Å². The van der Waals surface area contributed by atoms with E-state index < -0.39 is 11.9 Å². The van der Waals surface area contributed by atoms with Gasteiger partial charge in [-0.3, -0.25) is 9.59 Å². The summed E-state index contributed by atoms with van der Waals surface area (Å²) in [6.07, 6.45) is 0. The van der Waals surface area contributed by atoms with Gasteiger partial charge in [-0.15, -0.1) is 0 Å². The number of amides is 1. The first-order valence-corrected chi connectivity index (χ1v) is 8.03. The lowest BCUT2D eigenvalue weighted by Gasteiger charge is -2.18. The fourth-order valence-corrected chi connectivity index (χ4v) is 2.97. The lowest BCUT2D eigenvalue weighted by molar-refractivity contribution is -0.142. The Kier molecular flexibility index (Phi) is 5.29. The van der Waals surface area contributed by atoms with Crippen molar-refractivity contribution in [3.05, 3.63) is 29.3 Å². The number of rotatable bonds is 5. The molecule has 2 rings (SSSR count). The molecule has 1 amide bonds. The summed E-state index contributed by atoms with van der Waals surface area (Å²) in [5, 5.41) is 9.15. The molecule has 5 nitrogen and oxygen atoms in total. The molecule has 0 spiro atoms. The molecule has 1 aromatic carbocycles. The van der Waals surface area contributed by atoms with Crippen LogP contribution in [0.2, 0.25) is 0 Å². The van der Waals surface area contributed by atoms with Crippen LogP contribution >= 0.6 is 0 Å². The highest BCUT2D eigenvalue weighted by Crippen LogP contribution is 2.28. The number of carboxylic acids is 1. The van der Waals surface area contributed by atoms with Gasteiger partial charge >= 0.3 is 5.97 Å². The van der Waals surface area contributed by atoms with Crippen LogP contribution in [0.25, 0.3) is 0 Å². The maximum absolute atomic E-state index is 12.3. The number of carbonyl (C=O) groups is 2. The number of carboxylic acid groups (broad SMARTS) is 1. The number of aliphatic carboxylic acids is 1. The van der Waals surface area contributed by atoms with E-state index in [0.29, 0.717) is 12.5 Å². The number of ether oxygens (including phenoxy) is 1. The number of hydrogen-bond acceptors (Lipinski definition) is 3. The van der Waals surface area contributed by atoms with Crippen LogP contribution in [0.4, 0.5) is 0 Å². The Morgan fingerprint density at radius 2 is 2.04 bits per heavy atom. The predicted octanol–water partition coefficient (Wildman–Crippen LogP) is 2.68. The van der Waals surface area contributed by atoms with E-state index in [9.17, 15) is 9.59 Å². The largest absolute Gasteiger partial charge is 0.483 e. The van der Waals surface area contributed by atoms with Gasteiger partial charge in [0.1, 0.15) is 5.75 Å². The van der Waals surface area contributed by atoms with Crippen LogP contribution < -0.4 is 4.74 Å². The number of aryl methyl sites for hydroxylation is 1. The summed E-state index contributed by atoms with van der Waals surface area (Å²) in [5.74, 6) is -0.462. The molecule has 1 aromatic rings. The number of carbonyl (C=O) groups excluding carboxylic acids is 1. The molecule has 2 atom stereocenters. The van der Waals surface area contributed by atoms with Crippen molar-refractivity contribution in [1.82, 2.24) is 4.90 Å². The van der Waals surface area contributed by atoms with E-state index in [2.05, 4.69) is 13.8 Å². The quantitative estimate of drug-likeness (QED) is 0.906. The first kappa shape index (κ1) is 17.3. The van der Waals surface area contributed by atoms with Crippen molar-refractivity contribution in [3.8, 4) is 5.75 Å². The summed E-state index contributed by atoms with van der Waals surface area (Å²) in [4.78, 5) is 25.0. The second-order valence-corrected chi connectivity index (χ2v) is 6.71. The zero-order valence-corrected chi connectivity index (χ0v) is 14.2. The minimum Gasteiger partial charge on any atom is -0.483 e. The van der Waals surface area contributed by atoms with Crippen LogP contribution in [0, 0.1) is 18.8 Å². The van der Waals surface area contributed by atoms with Crippen molar-refractivity contribution < 1.29 is 19.4 Å². The molecule has 5 heteroatoms. The molecule has 0 unspecified atom stereocenters. The third kappa shape index (κ3) is 4.03. The molecule has 0 aromatic heterocycles. The number of likely N-dealkylation sites (tertiary alicyclic amines) is 1. The molecule has 126 valence electrons. The molecular weight excluding hydrogens is 294 g/mol. The maximum Gasteiger partial charge on any atom is 0.308 e. The van der Waals surface area contributed by atoms with Gasteiger partial charge in [0.05, 0.1) is 5.92 Å². The van der Waals surface area contributed by atoms with Crippen LogP contribution in [0.3, 0.4) is 0 Å². The Hall–Kier alpha value is -2.04. The Morgan fingerprint density at radius 1 is 1.35 bits per heavy atom. The third-order valence-electron chi connectivity index (χ3n) is 4.42. The highest BCUT2D eigenvalue weighted by Gasteiger charge is 2.36. The van der Waals surface area contributed by atoms with Crippen LogP contribution in [0.1, 0.15) is 37.8 Å². The molecule has 0 radical (unpaired) electrons. The van der Waals surface area contributed by atoms with Crippen molar-refractivity contribution in [2.24, 2.45) is 11.8 Å². The summed E-state index contributed by atoms with van der Waals surface area (Å²) in [6, 6.07) is 6.00. The van der Waals surface area contributed by atoms with Crippen molar-refractivity contribution in [1.29, 1.82) is 0 Å². The molecule has 23 heavy (non-hydrogen) atoms. The first-order valence-electron chi connectivity index (χ1n) is 8.03. The molecule has 1 fully saturated rings. The van der Waals surface area contributed by atoms with Crippen molar-refractivity contribution in [3.63, 3.8) is 0 Å². The van der Waals surface area contributed by atoms with Crippen molar-refractivity contribution in [2.75, 3.05) is 19.7 Å². The van der Waals surface area contributed by atoms with Gasteiger partial charge in [-0.05, 0) is 36.0 Å². The smallest absolute Gasteiger partial charge is 0.308 e. The Labute approximate surface area is 137 Å². The second kappa shape index (κ2) is 7.02. The minimum absolute atomic E-state index is 0.0263. The number of nitrogens with zero attached hydrogens (tertiary/aromatic N) is 1. The Morgan fingerprint density at radius 3 is 2.61 bits per heavy atom. The van der Waals surface area contributed by atoms with E-state index in [4.69, 9.17) is 9.84 Å². The average Bonchev–Trinajstić information content (AvgIpc) is 2.86. The van der Waals surface area contributed by atoms with Crippen molar-refractivity contribution in [2.45, 2.75) is 33.6 Å². The molecule has 1 heterocycles. The van der Waals surface area contributed by atoms with Crippen LogP contribution in [-0.2, 0) is 9.59 Å². The molecular formula is C18H25NO4. The summed E-state index contributed by atoms with van der Waals surface area (Å²) in [6.45, 7) is 8.70. The molecule has 0 saturated carbocycles. The molecule has 1 aliphatic heterocycles. The number of hydrogen-bond donors (Lipinski definition) is 1. The molecule has 1 N–H and O–H groups in total. The SMILES string of the molecule is Cc1ccc(C(C)C)c(OCC(=O)N2C[C@@H](C)[C@H](C(=O)O)C2)c1. The fraction of sp³-hybridized carbons (Fsp3) is 0.556. The van der Waals surface area contributed by atoms with Gasteiger partial charge in [0.2, 0.25) is 0 Å². The highest BCUT2D eigenvalue weighted by molar-refractivity contribution is 5.80. The Balaban J connectivity index is 2.00. The van der Waals surface area contributed by atoms with Gasteiger partial charge in [0.15, 0.2) is 6.61 Å². The van der Waals surface area contributed by atoms with E-state index in [0.717, 1.165) is 16.9 Å². The maximum atomic E-state index is 12.3. The third-order valence-corrected chi connectivity index (χ3v) is 4.42. The lowest BCUT2D eigenvalue weighted by Crippen LogP contribution is -2.34. The zero-order chi connectivity index (χ0) is 17.1. The monoisotopic (exact) mass is 319 g/mol. The topological polar surface area (TPSA) is 66.8 Å². The summed E-state index contributed by atoms with van der Waals surface area (Å²) in [5.41, 5.74) is 2.15. The van der Waals surface area contributed by atoms with Gasteiger partial charge in [-0.2, -0.15) is 0 Å². The standard InChI is InChI=1S/C18H25NO4/c1-11(2)14-6-5-12(3)7-16(14)23-10-17(20)19-8-13(4)15(9-19)18(21)22/h5-7,11,13,15H,8-10H2,1-4H3,(H,21,22)/t13-,15-/m1/s1. The molecule has 1 aliphatic rings. The molecule has 0 bridgehead atoms. The fourth-order valence-electron chi connectivity index (χ4n) is 2.97. The molecule has 0 aliphatic carbocycles. The summed E-state index contributed by atoms with van der Waals surface area (Å²) < 4.78 is 5.75. The van der Waals surface area contributed by atoms with Gasteiger partial charge in [-0.25, -0.2) is 0 Å². The normalized spacial score (nSPS) is 20.8. The van der Waals surface area contributed by atoms with Gasteiger partial charge in [0.25, 0.3) is 5.91 Å². The predicted molar refractivity (Wildman–Crippen MR) is 87.6 cm³/mol. The summed E-state index contributed by atoms with van der Waals surface area (Å²) >= 11 is 0. The van der Waals surface area contributed by atoms with E-state index in [1.807, 2.05) is 32.0 Å². The lowest BCUT2D eigenvalue weighted by atomic mass is 9.99. The van der Waals surface area contributed by atoms with Crippen LogP contribution in [0.15, 0.2) is 18.2 Å². The molecule has 1 saturated heterocycles. The average molecular weight is 319 g/mol. The van der Waals surface area contributed by atoms with Gasteiger partial charge in [0, 0.05) is 13.1 Å². The zero-order valence-electron chi connectivity index (χ0n) is 14.2.